The number of carbonyl (C=O) groups excluding carboxylic acids is 1. The van der Waals surface area contributed by atoms with Gasteiger partial charge >= 0.3 is 0 Å². The molecule has 1 N–H and O–H groups in total. The SMILES string of the molecule is COc1cccc(CN(C)CC(=O)Nc2ccc(C)c(Br)c2)c1. The molecule has 0 bridgehead atoms. The fourth-order valence-electron chi connectivity index (χ4n) is 2.25. The van der Waals surface area contributed by atoms with E-state index in [-0.39, 0.29) is 5.91 Å². The minimum Gasteiger partial charge on any atom is -0.497 e. The van der Waals surface area contributed by atoms with Crippen LogP contribution < -0.4 is 10.1 Å². The van der Waals surface area contributed by atoms with Crippen LogP contribution in [0.4, 0.5) is 5.69 Å². The van der Waals surface area contributed by atoms with Crippen molar-refractivity contribution in [3.63, 3.8) is 0 Å². The summed E-state index contributed by atoms with van der Waals surface area (Å²) >= 11 is 3.47. The zero-order valence-corrected chi connectivity index (χ0v) is 15.2. The average molecular weight is 377 g/mol. The summed E-state index contributed by atoms with van der Waals surface area (Å²) in [5.74, 6) is 0.788. The predicted molar refractivity (Wildman–Crippen MR) is 96.8 cm³/mol. The third-order valence-corrected chi connectivity index (χ3v) is 4.31. The number of benzene rings is 2. The molecule has 0 aromatic heterocycles. The molecule has 0 spiro atoms. The summed E-state index contributed by atoms with van der Waals surface area (Å²) in [5.41, 5.74) is 3.04. The maximum absolute atomic E-state index is 12.1. The molecule has 2 aromatic carbocycles. The summed E-state index contributed by atoms with van der Waals surface area (Å²) < 4.78 is 6.20. The Balaban J connectivity index is 1.90. The van der Waals surface area contributed by atoms with Gasteiger partial charge in [0.05, 0.1) is 13.7 Å². The highest BCUT2D eigenvalue weighted by Crippen LogP contribution is 2.20. The zero-order valence-electron chi connectivity index (χ0n) is 13.6. The Labute approximate surface area is 145 Å². The molecule has 4 nitrogen and oxygen atoms in total. The lowest BCUT2D eigenvalue weighted by atomic mass is 10.2. The van der Waals surface area contributed by atoms with Crippen LogP contribution in [0.2, 0.25) is 0 Å². The van der Waals surface area contributed by atoms with Crippen LogP contribution in [0, 0.1) is 6.92 Å². The number of hydrogen-bond acceptors (Lipinski definition) is 3. The minimum atomic E-state index is -0.0360. The Hall–Kier alpha value is -1.85. The van der Waals surface area contributed by atoms with Crippen LogP contribution >= 0.6 is 15.9 Å². The molecule has 0 aliphatic carbocycles. The number of halogens is 1. The van der Waals surface area contributed by atoms with Crippen molar-refractivity contribution in [2.75, 3.05) is 26.0 Å². The number of aryl methyl sites for hydroxylation is 1. The number of nitrogens with zero attached hydrogens (tertiary/aromatic N) is 1. The average Bonchev–Trinajstić information content (AvgIpc) is 2.51. The van der Waals surface area contributed by atoms with E-state index in [2.05, 4.69) is 21.2 Å². The maximum Gasteiger partial charge on any atom is 0.238 e. The van der Waals surface area contributed by atoms with Gasteiger partial charge in [0, 0.05) is 16.7 Å². The van der Waals surface area contributed by atoms with Gasteiger partial charge in [0.15, 0.2) is 0 Å². The molecule has 0 radical (unpaired) electrons. The van der Waals surface area contributed by atoms with Gasteiger partial charge in [-0.3, -0.25) is 9.69 Å². The quantitative estimate of drug-likeness (QED) is 0.832. The standard InChI is InChI=1S/C18H21BrN2O2/c1-13-7-8-15(10-17(13)19)20-18(22)12-21(2)11-14-5-4-6-16(9-14)23-3/h4-10H,11-12H2,1-3H3,(H,20,22). The van der Waals surface area contributed by atoms with Gasteiger partial charge in [0.2, 0.25) is 5.91 Å². The fraction of sp³-hybridized carbons (Fsp3) is 0.278. The van der Waals surface area contributed by atoms with Crippen molar-refractivity contribution in [2.45, 2.75) is 13.5 Å². The van der Waals surface area contributed by atoms with Crippen molar-refractivity contribution in [3.05, 3.63) is 58.1 Å². The van der Waals surface area contributed by atoms with E-state index in [1.807, 2.05) is 61.3 Å². The molecule has 0 heterocycles. The molecular formula is C18H21BrN2O2. The van der Waals surface area contributed by atoms with Crippen LogP contribution in [0.25, 0.3) is 0 Å². The number of anilines is 1. The first kappa shape index (κ1) is 17.5. The molecule has 122 valence electrons. The van der Waals surface area contributed by atoms with Crippen molar-refractivity contribution in [1.82, 2.24) is 4.90 Å². The van der Waals surface area contributed by atoms with E-state index in [0.29, 0.717) is 13.1 Å². The number of likely N-dealkylation sites (N-methyl/N-ethyl adjacent to an activating group) is 1. The molecule has 0 aliphatic heterocycles. The highest BCUT2D eigenvalue weighted by molar-refractivity contribution is 9.10. The normalized spacial score (nSPS) is 10.7. The van der Waals surface area contributed by atoms with Crippen LogP contribution in [-0.2, 0) is 11.3 Å². The summed E-state index contributed by atoms with van der Waals surface area (Å²) in [6, 6.07) is 13.6. The van der Waals surface area contributed by atoms with Gasteiger partial charge < -0.3 is 10.1 Å². The molecule has 2 rings (SSSR count). The molecule has 0 saturated carbocycles. The Kier molecular flexibility index (Phi) is 6.19. The molecule has 0 unspecified atom stereocenters. The topological polar surface area (TPSA) is 41.6 Å². The second kappa shape index (κ2) is 8.13. The van der Waals surface area contributed by atoms with Crippen LogP contribution in [0.5, 0.6) is 5.75 Å². The summed E-state index contributed by atoms with van der Waals surface area (Å²) in [5, 5.41) is 2.91. The van der Waals surface area contributed by atoms with Crippen molar-refractivity contribution in [1.29, 1.82) is 0 Å². The molecule has 1 amide bonds. The van der Waals surface area contributed by atoms with E-state index in [1.54, 1.807) is 7.11 Å². The monoisotopic (exact) mass is 376 g/mol. The van der Waals surface area contributed by atoms with Gasteiger partial charge in [0.25, 0.3) is 0 Å². The lowest BCUT2D eigenvalue weighted by Gasteiger charge is -2.17. The Morgan fingerprint density at radius 3 is 2.74 bits per heavy atom. The molecule has 0 saturated heterocycles. The first-order chi connectivity index (χ1) is 11.0. The summed E-state index contributed by atoms with van der Waals surface area (Å²) in [6.07, 6.45) is 0. The van der Waals surface area contributed by atoms with Gasteiger partial charge in [-0.2, -0.15) is 0 Å². The van der Waals surface area contributed by atoms with E-state index >= 15 is 0 Å². The third-order valence-electron chi connectivity index (χ3n) is 3.46. The van der Waals surface area contributed by atoms with E-state index in [1.165, 1.54) is 0 Å². The van der Waals surface area contributed by atoms with Crippen LogP contribution in [-0.4, -0.2) is 31.5 Å². The molecule has 0 fully saturated rings. The Morgan fingerprint density at radius 1 is 1.26 bits per heavy atom. The maximum atomic E-state index is 12.1. The third kappa shape index (κ3) is 5.37. The number of methoxy groups -OCH3 is 1. The Morgan fingerprint density at radius 2 is 2.04 bits per heavy atom. The van der Waals surface area contributed by atoms with Gasteiger partial charge in [-0.15, -0.1) is 0 Å². The minimum absolute atomic E-state index is 0.0360. The molecule has 0 aliphatic rings. The van der Waals surface area contributed by atoms with Crippen LogP contribution in [0.1, 0.15) is 11.1 Å². The van der Waals surface area contributed by atoms with Crippen LogP contribution in [0.15, 0.2) is 46.9 Å². The summed E-state index contributed by atoms with van der Waals surface area (Å²) in [7, 11) is 3.57. The lowest BCUT2D eigenvalue weighted by Crippen LogP contribution is -2.29. The van der Waals surface area contributed by atoms with Crippen molar-refractivity contribution in [3.8, 4) is 5.75 Å². The largest absolute Gasteiger partial charge is 0.497 e. The van der Waals surface area contributed by atoms with Crippen LogP contribution in [0.3, 0.4) is 0 Å². The summed E-state index contributed by atoms with van der Waals surface area (Å²) in [4.78, 5) is 14.1. The van der Waals surface area contributed by atoms with Gasteiger partial charge in [-0.05, 0) is 49.4 Å². The number of hydrogen-bond donors (Lipinski definition) is 1. The fourth-order valence-corrected chi connectivity index (χ4v) is 2.63. The first-order valence-corrected chi connectivity index (χ1v) is 8.14. The number of nitrogens with one attached hydrogen (secondary N) is 1. The second-order valence-corrected chi connectivity index (χ2v) is 6.39. The van der Waals surface area contributed by atoms with E-state index in [9.17, 15) is 4.79 Å². The molecular weight excluding hydrogens is 356 g/mol. The van der Waals surface area contributed by atoms with E-state index in [4.69, 9.17) is 4.74 Å². The molecule has 5 heteroatoms. The number of carbonyl (C=O) groups is 1. The van der Waals surface area contributed by atoms with E-state index < -0.39 is 0 Å². The highest BCUT2D eigenvalue weighted by Gasteiger charge is 2.09. The second-order valence-electron chi connectivity index (χ2n) is 5.54. The zero-order chi connectivity index (χ0) is 16.8. The van der Waals surface area contributed by atoms with E-state index in [0.717, 1.165) is 27.0 Å². The van der Waals surface area contributed by atoms with Gasteiger partial charge in [-0.1, -0.05) is 34.1 Å². The molecule has 0 atom stereocenters. The smallest absolute Gasteiger partial charge is 0.238 e. The van der Waals surface area contributed by atoms with Gasteiger partial charge in [-0.25, -0.2) is 0 Å². The van der Waals surface area contributed by atoms with Crippen molar-refractivity contribution >= 4 is 27.5 Å². The van der Waals surface area contributed by atoms with Gasteiger partial charge in [0.1, 0.15) is 5.75 Å². The molecule has 2 aromatic rings. The Bertz CT molecular complexity index is 688. The first-order valence-electron chi connectivity index (χ1n) is 7.35. The molecule has 23 heavy (non-hydrogen) atoms. The number of rotatable bonds is 6. The number of amides is 1. The number of ether oxygens (including phenoxy) is 1. The summed E-state index contributed by atoms with van der Waals surface area (Å²) in [6.45, 7) is 3.02. The highest BCUT2D eigenvalue weighted by atomic mass is 79.9. The predicted octanol–water partition coefficient (Wildman–Crippen LogP) is 3.84. The lowest BCUT2D eigenvalue weighted by molar-refractivity contribution is -0.117. The van der Waals surface area contributed by atoms with Crippen molar-refractivity contribution < 1.29 is 9.53 Å². The van der Waals surface area contributed by atoms with Crippen molar-refractivity contribution in [2.24, 2.45) is 0 Å².